The van der Waals surface area contributed by atoms with Crippen LogP contribution in [0.25, 0.3) is 0 Å². The quantitative estimate of drug-likeness (QED) is 0.816. The Bertz CT molecular complexity index is 859. The Hall–Kier alpha value is -2.64. The van der Waals surface area contributed by atoms with Crippen molar-refractivity contribution in [1.29, 1.82) is 0 Å². The number of fused-ring (bicyclic) bond motifs is 1. The molecule has 2 heterocycles. The van der Waals surface area contributed by atoms with Crippen molar-refractivity contribution in [1.82, 2.24) is 9.80 Å². The Labute approximate surface area is 176 Å². The summed E-state index contributed by atoms with van der Waals surface area (Å²) in [6.07, 6.45) is 1.85. The van der Waals surface area contributed by atoms with Crippen LogP contribution in [0.15, 0.2) is 42.5 Å². The second-order valence-corrected chi connectivity index (χ2v) is 7.79. The van der Waals surface area contributed by atoms with Crippen LogP contribution in [-0.4, -0.2) is 61.6 Å². The number of halogens is 1. The molecule has 7 heteroatoms. The first-order valence-corrected chi connectivity index (χ1v) is 10.5. The lowest BCUT2D eigenvalue weighted by atomic mass is 10.2. The Morgan fingerprint density at radius 3 is 2.47 bits per heavy atom. The van der Waals surface area contributed by atoms with Gasteiger partial charge in [0.1, 0.15) is 5.82 Å². The molecule has 0 spiro atoms. The second kappa shape index (κ2) is 9.91. The van der Waals surface area contributed by atoms with Crippen molar-refractivity contribution < 1.29 is 18.7 Å². The summed E-state index contributed by atoms with van der Waals surface area (Å²) in [5, 5.41) is 2.97. The highest BCUT2D eigenvalue weighted by molar-refractivity contribution is 5.92. The molecule has 2 aromatic carbocycles. The Balaban J connectivity index is 1.26. The number of nitrogens with one attached hydrogen (secondary N) is 1. The van der Waals surface area contributed by atoms with Crippen LogP contribution < -0.4 is 14.8 Å². The highest BCUT2D eigenvalue weighted by atomic mass is 19.1. The van der Waals surface area contributed by atoms with Crippen LogP contribution in [0.1, 0.15) is 18.4 Å². The van der Waals surface area contributed by atoms with Gasteiger partial charge in [-0.3, -0.25) is 14.6 Å². The van der Waals surface area contributed by atoms with Gasteiger partial charge < -0.3 is 14.8 Å². The normalized spacial score (nSPS) is 17.8. The van der Waals surface area contributed by atoms with Crippen molar-refractivity contribution in [3.05, 3.63) is 53.8 Å². The van der Waals surface area contributed by atoms with Crippen molar-refractivity contribution in [2.75, 3.05) is 51.3 Å². The van der Waals surface area contributed by atoms with Gasteiger partial charge in [-0.2, -0.15) is 0 Å². The molecule has 1 amide bonds. The number of anilines is 1. The molecule has 1 saturated heterocycles. The third-order valence-corrected chi connectivity index (χ3v) is 5.40. The lowest BCUT2D eigenvalue weighted by molar-refractivity contribution is -0.117. The first-order chi connectivity index (χ1) is 14.7. The van der Waals surface area contributed by atoms with Crippen LogP contribution in [0.2, 0.25) is 0 Å². The van der Waals surface area contributed by atoms with Gasteiger partial charge in [-0.15, -0.1) is 0 Å². The summed E-state index contributed by atoms with van der Waals surface area (Å²) in [5.74, 6) is 1.16. The summed E-state index contributed by atoms with van der Waals surface area (Å²) in [5.41, 5.74) is 1.83. The molecule has 160 valence electrons. The molecule has 0 bridgehead atoms. The molecule has 0 aliphatic carbocycles. The van der Waals surface area contributed by atoms with Crippen molar-refractivity contribution in [2.24, 2.45) is 0 Å². The van der Waals surface area contributed by atoms with E-state index in [1.165, 1.54) is 12.1 Å². The minimum Gasteiger partial charge on any atom is -0.490 e. The van der Waals surface area contributed by atoms with Crippen LogP contribution >= 0.6 is 0 Å². The SMILES string of the molecule is O=C(CN1CCCN(Cc2ccc(F)cc2)CC1)Nc1ccc2c(c1)OCCCO2. The zero-order chi connectivity index (χ0) is 20.8. The van der Waals surface area contributed by atoms with Crippen LogP contribution in [-0.2, 0) is 11.3 Å². The van der Waals surface area contributed by atoms with Crippen molar-refractivity contribution in [3.63, 3.8) is 0 Å². The van der Waals surface area contributed by atoms with E-state index < -0.39 is 0 Å². The van der Waals surface area contributed by atoms with Gasteiger partial charge in [-0.1, -0.05) is 12.1 Å². The maximum absolute atomic E-state index is 13.1. The van der Waals surface area contributed by atoms with E-state index in [4.69, 9.17) is 9.47 Å². The molecule has 0 atom stereocenters. The highest BCUT2D eigenvalue weighted by Crippen LogP contribution is 2.32. The molecule has 30 heavy (non-hydrogen) atoms. The van der Waals surface area contributed by atoms with Crippen LogP contribution in [0.3, 0.4) is 0 Å². The molecule has 1 fully saturated rings. The lowest BCUT2D eigenvalue weighted by Gasteiger charge is -2.21. The minimum absolute atomic E-state index is 0.0310. The highest BCUT2D eigenvalue weighted by Gasteiger charge is 2.18. The average molecular weight is 413 g/mol. The summed E-state index contributed by atoms with van der Waals surface area (Å²) >= 11 is 0. The Kier molecular flexibility index (Phi) is 6.81. The zero-order valence-electron chi connectivity index (χ0n) is 17.1. The van der Waals surface area contributed by atoms with Gasteiger partial charge in [-0.25, -0.2) is 4.39 Å². The number of amides is 1. The third-order valence-electron chi connectivity index (χ3n) is 5.40. The first kappa shape index (κ1) is 20.6. The van der Waals surface area contributed by atoms with Gasteiger partial charge in [0.05, 0.1) is 19.8 Å². The molecule has 2 aliphatic heterocycles. The lowest BCUT2D eigenvalue weighted by Crippen LogP contribution is -2.36. The summed E-state index contributed by atoms with van der Waals surface area (Å²) in [6, 6.07) is 12.2. The fraction of sp³-hybridized carbons (Fsp3) is 0.435. The standard InChI is InChI=1S/C23H28FN3O3/c24-19-5-3-18(4-6-19)16-26-9-1-10-27(12-11-26)17-23(28)25-20-7-8-21-22(15-20)30-14-2-13-29-21/h3-8,15H,1-2,9-14,16-17H2,(H,25,28). The Morgan fingerprint density at radius 1 is 0.900 bits per heavy atom. The van der Waals surface area contributed by atoms with Crippen molar-refractivity contribution >= 4 is 11.6 Å². The maximum Gasteiger partial charge on any atom is 0.238 e. The molecule has 2 aromatic rings. The number of carbonyl (C=O) groups is 1. The number of hydrogen-bond acceptors (Lipinski definition) is 5. The monoisotopic (exact) mass is 413 g/mol. The van der Waals surface area contributed by atoms with Gasteiger partial charge in [0.15, 0.2) is 11.5 Å². The van der Waals surface area contributed by atoms with Gasteiger partial charge in [-0.05, 0) is 49.3 Å². The van der Waals surface area contributed by atoms with E-state index in [0.717, 1.165) is 62.6 Å². The van der Waals surface area contributed by atoms with E-state index in [-0.39, 0.29) is 11.7 Å². The first-order valence-electron chi connectivity index (χ1n) is 10.5. The molecule has 0 aromatic heterocycles. The fourth-order valence-corrected chi connectivity index (χ4v) is 3.83. The predicted molar refractivity (Wildman–Crippen MR) is 113 cm³/mol. The van der Waals surface area contributed by atoms with Gasteiger partial charge in [0.25, 0.3) is 0 Å². The van der Waals surface area contributed by atoms with E-state index >= 15 is 0 Å². The van der Waals surface area contributed by atoms with E-state index in [0.29, 0.717) is 25.5 Å². The van der Waals surface area contributed by atoms with Crippen LogP contribution in [0.4, 0.5) is 10.1 Å². The second-order valence-electron chi connectivity index (χ2n) is 7.79. The number of ether oxygens (including phenoxy) is 2. The largest absolute Gasteiger partial charge is 0.490 e. The number of nitrogens with zero attached hydrogens (tertiary/aromatic N) is 2. The summed E-state index contributed by atoms with van der Waals surface area (Å²) in [6.45, 7) is 5.99. The predicted octanol–water partition coefficient (Wildman–Crippen LogP) is 3.13. The molecule has 1 N–H and O–H groups in total. The summed E-state index contributed by atoms with van der Waals surface area (Å²) in [7, 11) is 0. The number of rotatable bonds is 5. The Morgan fingerprint density at radius 2 is 1.63 bits per heavy atom. The van der Waals surface area contributed by atoms with E-state index in [2.05, 4.69) is 15.1 Å². The van der Waals surface area contributed by atoms with Gasteiger partial charge in [0.2, 0.25) is 5.91 Å². The van der Waals surface area contributed by atoms with E-state index in [1.54, 1.807) is 0 Å². The minimum atomic E-state index is -0.208. The molecular weight excluding hydrogens is 385 g/mol. The van der Waals surface area contributed by atoms with Crippen molar-refractivity contribution in [2.45, 2.75) is 19.4 Å². The smallest absolute Gasteiger partial charge is 0.238 e. The molecule has 2 aliphatic rings. The molecule has 0 saturated carbocycles. The fourth-order valence-electron chi connectivity index (χ4n) is 3.83. The molecular formula is C23H28FN3O3. The molecule has 4 rings (SSSR count). The van der Waals surface area contributed by atoms with Crippen LogP contribution in [0.5, 0.6) is 11.5 Å². The van der Waals surface area contributed by atoms with E-state index in [9.17, 15) is 9.18 Å². The summed E-state index contributed by atoms with van der Waals surface area (Å²) < 4.78 is 24.4. The molecule has 0 unspecified atom stereocenters. The zero-order valence-corrected chi connectivity index (χ0v) is 17.1. The van der Waals surface area contributed by atoms with Gasteiger partial charge in [0, 0.05) is 37.8 Å². The number of carbonyl (C=O) groups excluding carboxylic acids is 1. The van der Waals surface area contributed by atoms with E-state index in [1.807, 2.05) is 30.3 Å². The third kappa shape index (κ3) is 5.70. The maximum atomic E-state index is 13.1. The van der Waals surface area contributed by atoms with Crippen LogP contribution in [0, 0.1) is 5.82 Å². The number of benzene rings is 2. The summed E-state index contributed by atoms with van der Waals surface area (Å²) in [4.78, 5) is 17.1. The average Bonchev–Trinajstić information content (AvgIpc) is 3.10. The topological polar surface area (TPSA) is 54.0 Å². The van der Waals surface area contributed by atoms with Gasteiger partial charge >= 0.3 is 0 Å². The molecule has 0 radical (unpaired) electrons. The molecule has 6 nitrogen and oxygen atoms in total. The van der Waals surface area contributed by atoms with Crippen molar-refractivity contribution in [3.8, 4) is 11.5 Å². The number of hydrogen-bond donors (Lipinski definition) is 1.